The summed E-state index contributed by atoms with van der Waals surface area (Å²) < 4.78 is 28.3. The van der Waals surface area contributed by atoms with Crippen molar-refractivity contribution in [3.63, 3.8) is 0 Å². The lowest BCUT2D eigenvalue weighted by Crippen LogP contribution is -2.51. The number of likely N-dealkylation sites (N-methyl/N-ethyl adjacent to an activating group) is 1. The number of hydrogen-bond acceptors (Lipinski definition) is 4. The number of sulfonamides is 1. The van der Waals surface area contributed by atoms with Gasteiger partial charge in [0.2, 0.25) is 5.91 Å². The number of rotatable bonds is 7. The average Bonchev–Trinajstić information content (AvgIpc) is 2.77. The predicted molar refractivity (Wildman–Crippen MR) is 125 cm³/mol. The number of nitrogens with zero attached hydrogens (tertiary/aromatic N) is 3. The van der Waals surface area contributed by atoms with Crippen LogP contribution in [0.1, 0.15) is 37.8 Å². The zero-order valence-corrected chi connectivity index (χ0v) is 19.7. The fourth-order valence-corrected chi connectivity index (χ4v) is 5.13. The Morgan fingerprint density at radius 1 is 0.968 bits per heavy atom. The molecule has 1 amide bonds. The SMILES string of the molecule is CCN1CCN(C(=O)CN(c2ccc(C(C)C)cc2)S(=O)(=O)c2ccc(C)cc2)CC1. The molecule has 1 heterocycles. The highest BCUT2D eigenvalue weighted by molar-refractivity contribution is 7.92. The van der Waals surface area contributed by atoms with E-state index in [9.17, 15) is 13.2 Å². The minimum absolute atomic E-state index is 0.167. The van der Waals surface area contributed by atoms with Crippen LogP contribution in [0.15, 0.2) is 53.4 Å². The Balaban J connectivity index is 1.90. The number of carbonyl (C=O) groups is 1. The van der Waals surface area contributed by atoms with Crippen LogP contribution in [0.4, 0.5) is 5.69 Å². The summed E-state index contributed by atoms with van der Waals surface area (Å²) in [6.07, 6.45) is 0. The van der Waals surface area contributed by atoms with Crippen molar-refractivity contribution in [2.24, 2.45) is 0 Å². The normalized spacial score (nSPS) is 15.3. The van der Waals surface area contributed by atoms with E-state index in [0.29, 0.717) is 24.7 Å². The molecule has 2 aromatic rings. The molecule has 0 aromatic heterocycles. The first kappa shape index (κ1) is 23.3. The van der Waals surface area contributed by atoms with E-state index in [1.807, 2.05) is 19.1 Å². The molecule has 3 rings (SSSR count). The molecule has 0 aliphatic carbocycles. The van der Waals surface area contributed by atoms with Gasteiger partial charge in [0.15, 0.2) is 0 Å². The quantitative estimate of drug-likeness (QED) is 0.657. The summed E-state index contributed by atoms with van der Waals surface area (Å²) >= 11 is 0. The molecule has 0 spiro atoms. The minimum Gasteiger partial charge on any atom is -0.339 e. The molecule has 6 nitrogen and oxygen atoms in total. The van der Waals surface area contributed by atoms with Crippen LogP contribution < -0.4 is 4.31 Å². The maximum absolute atomic E-state index is 13.5. The molecule has 1 aliphatic rings. The summed E-state index contributed by atoms with van der Waals surface area (Å²) in [7, 11) is -3.88. The van der Waals surface area contributed by atoms with Gasteiger partial charge in [-0.2, -0.15) is 0 Å². The largest absolute Gasteiger partial charge is 0.339 e. The molecule has 1 aliphatic heterocycles. The Labute approximate surface area is 186 Å². The Kier molecular flexibility index (Phi) is 7.38. The van der Waals surface area contributed by atoms with Crippen LogP contribution in [-0.2, 0) is 14.8 Å². The number of amides is 1. The van der Waals surface area contributed by atoms with Crippen molar-refractivity contribution in [2.75, 3.05) is 43.6 Å². The fraction of sp³-hybridized carbons (Fsp3) is 0.458. The Morgan fingerprint density at radius 2 is 1.55 bits per heavy atom. The molecule has 0 N–H and O–H groups in total. The molecule has 2 aromatic carbocycles. The first-order chi connectivity index (χ1) is 14.7. The van der Waals surface area contributed by atoms with Crippen LogP contribution in [-0.4, -0.2) is 63.4 Å². The third-order valence-corrected chi connectivity index (χ3v) is 7.70. The number of carbonyl (C=O) groups excluding carboxylic acids is 1. The Bertz CT molecular complexity index is 978. The lowest BCUT2D eigenvalue weighted by molar-refractivity contribution is -0.131. The smallest absolute Gasteiger partial charge is 0.264 e. The van der Waals surface area contributed by atoms with E-state index in [1.54, 1.807) is 41.3 Å². The summed E-state index contributed by atoms with van der Waals surface area (Å²) in [5.41, 5.74) is 2.61. The van der Waals surface area contributed by atoms with Gasteiger partial charge in [0.1, 0.15) is 6.54 Å². The molecular weight excluding hydrogens is 410 g/mol. The maximum atomic E-state index is 13.5. The van der Waals surface area contributed by atoms with Gasteiger partial charge in [-0.3, -0.25) is 9.10 Å². The second kappa shape index (κ2) is 9.83. The molecule has 168 valence electrons. The van der Waals surface area contributed by atoms with Crippen molar-refractivity contribution < 1.29 is 13.2 Å². The van der Waals surface area contributed by atoms with Crippen molar-refractivity contribution in [3.05, 3.63) is 59.7 Å². The first-order valence-electron chi connectivity index (χ1n) is 10.9. The number of anilines is 1. The molecular formula is C24H33N3O3S. The van der Waals surface area contributed by atoms with Crippen LogP contribution in [0.5, 0.6) is 0 Å². The van der Waals surface area contributed by atoms with Gasteiger partial charge in [-0.1, -0.05) is 50.6 Å². The highest BCUT2D eigenvalue weighted by Crippen LogP contribution is 2.26. The Hall–Kier alpha value is -2.38. The summed E-state index contributed by atoms with van der Waals surface area (Å²) in [4.78, 5) is 17.3. The van der Waals surface area contributed by atoms with Gasteiger partial charge in [0.25, 0.3) is 10.0 Å². The zero-order valence-electron chi connectivity index (χ0n) is 18.9. The van der Waals surface area contributed by atoms with Gasteiger partial charge in [0, 0.05) is 26.2 Å². The predicted octanol–water partition coefficient (Wildman–Crippen LogP) is 3.48. The van der Waals surface area contributed by atoms with Crippen molar-refractivity contribution in [2.45, 2.75) is 38.5 Å². The number of aryl methyl sites for hydroxylation is 1. The van der Waals surface area contributed by atoms with E-state index in [4.69, 9.17) is 0 Å². The van der Waals surface area contributed by atoms with Gasteiger partial charge in [-0.05, 0) is 49.2 Å². The van der Waals surface area contributed by atoms with E-state index >= 15 is 0 Å². The molecule has 0 atom stereocenters. The van der Waals surface area contributed by atoms with E-state index in [1.165, 1.54) is 4.31 Å². The van der Waals surface area contributed by atoms with Crippen LogP contribution in [0.25, 0.3) is 0 Å². The van der Waals surface area contributed by atoms with Gasteiger partial charge in [-0.15, -0.1) is 0 Å². The highest BCUT2D eigenvalue weighted by atomic mass is 32.2. The van der Waals surface area contributed by atoms with E-state index in [2.05, 4.69) is 25.7 Å². The average molecular weight is 444 g/mol. The second-order valence-electron chi connectivity index (χ2n) is 8.39. The molecule has 0 bridgehead atoms. The standard InChI is InChI=1S/C24H33N3O3S/c1-5-25-14-16-26(17-15-25)24(28)18-27(22-10-8-21(9-11-22)19(2)3)31(29,30)23-12-6-20(4)7-13-23/h6-13,19H,5,14-18H2,1-4H3. The van der Waals surface area contributed by atoms with Gasteiger partial charge >= 0.3 is 0 Å². The van der Waals surface area contributed by atoms with Crippen molar-refractivity contribution in [3.8, 4) is 0 Å². The number of hydrogen-bond donors (Lipinski definition) is 0. The van der Waals surface area contributed by atoms with Gasteiger partial charge in [0.05, 0.1) is 10.6 Å². The lowest BCUT2D eigenvalue weighted by atomic mass is 10.0. The summed E-state index contributed by atoms with van der Waals surface area (Å²) in [5, 5.41) is 0. The third kappa shape index (κ3) is 5.46. The summed E-state index contributed by atoms with van der Waals surface area (Å²) in [6, 6.07) is 14.2. The molecule has 0 saturated carbocycles. The van der Waals surface area contributed by atoms with Crippen molar-refractivity contribution >= 4 is 21.6 Å². The number of benzene rings is 2. The van der Waals surface area contributed by atoms with Gasteiger partial charge in [-0.25, -0.2) is 8.42 Å². The lowest BCUT2D eigenvalue weighted by Gasteiger charge is -2.35. The molecule has 1 saturated heterocycles. The van der Waals surface area contributed by atoms with Crippen molar-refractivity contribution in [1.82, 2.24) is 9.80 Å². The van der Waals surface area contributed by atoms with Gasteiger partial charge < -0.3 is 9.80 Å². The fourth-order valence-electron chi connectivity index (χ4n) is 3.71. The third-order valence-electron chi connectivity index (χ3n) is 5.91. The topological polar surface area (TPSA) is 60.9 Å². The van der Waals surface area contributed by atoms with Crippen LogP contribution in [0.3, 0.4) is 0 Å². The van der Waals surface area contributed by atoms with E-state index in [0.717, 1.165) is 30.8 Å². The van der Waals surface area contributed by atoms with Crippen LogP contribution in [0.2, 0.25) is 0 Å². The highest BCUT2D eigenvalue weighted by Gasteiger charge is 2.30. The molecule has 0 radical (unpaired) electrons. The molecule has 0 unspecified atom stereocenters. The second-order valence-corrected chi connectivity index (χ2v) is 10.2. The Morgan fingerprint density at radius 3 is 2.06 bits per heavy atom. The van der Waals surface area contributed by atoms with Crippen LogP contribution in [0, 0.1) is 6.92 Å². The number of piperazine rings is 1. The molecule has 31 heavy (non-hydrogen) atoms. The zero-order chi connectivity index (χ0) is 22.6. The van der Waals surface area contributed by atoms with E-state index in [-0.39, 0.29) is 17.3 Å². The van der Waals surface area contributed by atoms with Crippen LogP contribution >= 0.6 is 0 Å². The monoisotopic (exact) mass is 443 g/mol. The van der Waals surface area contributed by atoms with Crippen molar-refractivity contribution in [1.29, 1.82) is 0 Å². The summed E-state index contributed by atoms with van der Waals surface area (Å²) in [6.45, 7) is 11.8. The minimum atomic E-state index is -3.88. The van der Waals surface area contributed by atoms with E-state index < -0.39 is 10.0 Å². The molecule has 1 fully saturated rings. The molecule has 7 heteroatoms. The maximum Gasteiger partial charge on any atom is 0.264 e. The summed E-state index contributed by atoms with van der Waals surface area (Å²) in [5.74, 6) is 0.173. The first-order valence-corrected chi connectivity index (χ1v) is 12.4.